The molecular weight excluding hydrogens is 436 g/mol. The van der Waals surface area contributed by atoms with Crippen LogP contribution in [-0.2, 0) is 6.54 Å². The fourth-order valence-electron chi connectivity index (χ4n) is 3.45. The van der Waals surface area contributed by atoms with E-state index in [0.29, 0.717) is 16.7 Å². The highest BCUT2D eigenvalue weighted by Gasteiger charge is 2.20. The molecule has 0 bridgehead atoms. The summed E-state index contributed by atoms with van der Waals surface area (Å²) in [6, 6.07) is 17.2. The third-order valence-corrected chi connectivity index (χ3v) is 7.80. The summed E-state index contributed by atoms with van der Waals surface area (Å²) in [4.78, 5) is 5.05. The molecule has 0 spiro atoms. The van der Waals surface area contributed by atoms with Gasteiger partial charge in [0, 0.05) is 37.7 Å². The third kappa shape index (κ3) is 4.84. The van der Waals surface area contributed by atoms with Crippen LogP contribution in [0.15, 0.2) is 70.1 Å². The number of nitrogens with one attached hydrogen (secondary N) is 1. The Morgan fingerprint density at radius 3 is 2.21 bits per heavy atom. The van der Waals surface area contributed by atoms with E-state index in [1.165, 1.54) is 5.56 Å². The van der Waals surface area contributed by atoms with E-state index < -0.39 is 10.6 Å². The van der Waals surface area contributed by atoms with Crippen molar-refractivity contribution in [2.24, 2.45) is 0 Å². The van der Waals surface area contributed by atoms with Crippen molar-refractivity contribution in [1.82, 2.24) is 20.5 Å². The van der Waals surface area contributed by atoms with Crippen molar-refractivity contribution < 1.29 is 16.4 Å². The van der Waals surface area contributed by atoms with Crippen molar-refractivity contribution >= 4 is 10.6 Å². The molecule has 0 aliphatic carbocycles. The lowest BCUT2D eigenvalue weighted by Crippen LogP contribution is -2.10. The first-order valence-electron chi connectivity index (χ1n) is 10.7. The number of aromatic nitrogens is 3. The van der Waals surface area contributed by atoms with Gasteiger partial charge in [-0.15, -0.1) is 10.2 Å². The van der Waals surface area contributed by atoms with Crippen LogP contribution in [0.25, 0.3) is 34.0 Å². The Morgan fingerprint density at radius 2 is 1.58 bits per heavy atom. The number of nitrogens with zero attached hydrogens (tertiary/aromatic N) is 3. The Bertz CT molecular complexity index is 1250. The topological polar surface area (TPSA) is 104 Å². The lowest BCUT2D eigenvalue weighted by Gasteiger charge is -2.36. The van der Waals surface area contributed by atoms with Crippen LogP contribution in [0.2, 0.25) is 0 Å². The molecule has 2 aromatic carbocycles. The summed E-state index contributed by atoms with van der Waals surface area (Å²) in [6.07, 6.45) is 1.78. The standard InChI is InChI=1S/C25H28N4O3S.2H2/c1-16(2)33(30,31)22-11-9-19(10-12-22)21-13-23(17(3)27-15-21)25-29-28-24(32-25)20-7-5-18(6-8-20)14-26-4;;/h5-13,15-16,26,30-31H,14H2,1-4H3;2*1H. The predicted octanol–water partition coefficient (Wildman–Crippen LogP) is 6.50. The molecule has 4 rings (SSSR count). The van der Waals surface area contributed by atoms with E-state index in [4.69, 9.17) is 4.42 Å². The summed E-state index contributed by atoms with van der Waals surface area (Å²) in [7, 11) is -0.903. The monoisotopic (exact) mass is 468 g/mol. The van der Waals surface area contributed by atoms with Crippen molar-refractivity contribution in [3.63, 3.8) is 0 Å². The zero-order valence-corrected chi connectivity index (χ0v) is 19.9. The van der Waals surface area contributed by atoms with Crippen LogP contribution in [-0.4, -0.2) is 36.6 Å². The van der Waals surface area contributed by atoms with Gasteiger partial charge in [-0.05, 0) is 69.3 Å². The zero-order valence-electron chi connectivity index (χ0n) is 19.1. The van der Waals surface area contributed by atoms with Crippen LogP contribution >= 0.6 is 10.6 Å². The second kappa shape index (κ2) is 9.44. The van der Waals surface area contributed by atoms with Gasteiger partial charge in [0.15, 0.2) is 0 Å². The summed E-state index contributed by atoms with van der Waals surface area (Å²) < 4.78 is 26.8. The van der Waals surface area contributed by atoms with Gasteiger partial charge in [0.05, 0.1) is 10.5 Å². The van der Waals surface area contributed by atoms with Gasteiger partial charge in [-0.2, -0.15) is 10.6 Å². The second-order valence-corrected chi connectivity index (χ2v) is 10.8. The van der Waals surface area contributed by atoms with Crippen molar-refractivity contribution in [1.29, 1.82) is 0 Å². The molecule has 2 heterocycles. The molecule has 176 valence electrons. The van der Waals surface area contributed by atoms with Crippen LogP contribution in [0.4, 0.5) is 0 Å². The highest BCUT2D eigenvalue weighted by Crippen LogP contribution is 2.52. The van der Waals surface area contributed by atoms with Gasteiger partial charge < -0.3 is 9.73 Å². The van der Waals surface area contributed by atoms with Crippen LogP contribution in [0.3, 0.4) is 0 Å². The molecule has 0 aliphatic heterocycles. The van der Waals surface area contributed by atoms with Gasteiger partial charge >= 0.3 is 0 Å². The molecule has 4 aromatic rings. The van der Waals surface area contributed by atoms with E-state index in [0.717, 1.165) is 34.5 Å². The first kappa shape index (κ1) is 23.1. The van der Waals surface area contributed by atoms with Crippen LogP contribution in [0, 0.1) is 6.92 Å². The van der Waals surface area contributed by atoms with E-state index in [2.05, 4.69) is 20.5 Å². The molecule has 0 radical (unpaired) electrons. The van der Waals surface area contributed by atoms with Gasteiger partial charge in [-0.25, -0.2) is 0 Å². The Kier molecular flexibility index (Phi) is 6.62. The average Bonchev–Trinajstić information content (AvgIpc) is 3.30. The normalized spacial score (nSPS) is 12.3. The molecule has 0 fully saturated rings. The van der Waals surface area contributed by atoms with Crippen molar-refractivity contribution in [2.45, 2.75) is 37.5 Å². The first-order valence-corrected chi connectivity index (χ1v) is 12.3. The molecule has 0 amide bonds. The lowest BCUT2D eigenvalue weighted by molar-refractivity contribution is 0.476. The van der Waals surface area contributed by atoms with Crippen molar-refractivity contribution in [3.05, 3.63) is 72.1 Å². The minimum Gasteiger partial charge on any atom is -0.416 e. The fraction of sp³-hybridized carbons (Fsp3) is 0.240. The molecule has 0 unspecified atom stereocenters. The summed E-state index contributed by atoms with van der Waals surface area (Å²) >= 11 is 0. The number of hydrogen-bond acceptors (Lipinski definition) is 7. The minimum absolute atomic E-state index is 0. The molecule has 33 heavy (non-hydrogen) atoms. The molecule has 0 atom stereocenters. The zero-order chi connectivity index (χ0) is 23.6. The van der Waals surface area contributed by atoms with Crippen LogP contribution in [0.5, 0.6) is 0 Å². The summed E-state index contributed by atoms with van der Waals surface area (Å²) in [5.41, 5.74) is 5.35. The number of pyridine rings is 1. The molecule has 3 N–H and O–H groups in total. The molecule has 0 aliphatic rings. The van der Waals surface area contributed by atoms with Gasteiger partial charge in [-0.3, -0.25) is 14.1 Å². The molecule has 0 saturated heterocycles. The molecular formula is C25H32N4O3S. The van der Waals surface area contributed by atoms with E-state index in [1.54, 1.807) is 32.2 Å². The summed E-state index contributed by atoms with van der Waals surface area (Å²) in [5.74, 6) is 0.857. The maximum atomic E-state index is 10.4. The number of aryl methyl sites for hydroxylation is 1. The Morgan fingerprint density at radius 1 is 0.939 bits per heavy atom. The number of hydrogen-bond donors (Lipinski definition) is 3. The molecule has 8 heteroatoms. The summed E-state index contributed by atoms with van der Waals surface area (Å²) in [6.45, 7) is 6.30. The van der Waals surface area contributed by atoms with E-state index in [9.17, 15) is 9.11 Å². The molecule has 7 nitrogen and oxygen atoms in total. The highest BCUT2D eigenvalue weighted by molar-refractivity contribution is 8.24. The summed E-state index contributed by atoms with van der Waals surface area (Å²) in [5, 5.41) is 11.4. The van der Waals surface area contributed by atoms with E-state index in [1.807, 2.05) is 56.4 Å². The highest BCUT2D eigenvalue weighted by atomic mass is 32.3. The molecule has 2 aromatic heterocycles. The van der Waals surface area contributed by atoms with Crippen molar-refractivity contribution in [2.75, 3.05) is 7.05 Å². The average molecular weight is 469 g/mol. The lowest BCUT2D eigenvalue weighted by atomic mass is 10.0. The fourth-order valence-corrected chi connectivity index (χ4v) is 4.53. The third-order valence-electron chi connectivity index (χ3n) is 5.52. The van der Waals surface area contributed by atoms with Crippen molar-refractivity contribution in [3.8, 4) is 34.0 Å². The van der Waals surface area contributed by atoms with Gasteiger partial charge in [0.25, 0.3) is 0 Å². The predicted molar refractivity (Wildman–Crippen MR) is 136 cm³/mol. The molecule has 0 saturated carbocycles. The Hall–Kier alpha value is -3.04. The maximum absolute atomic E-state index is 10.4. The van der Waals surface area contributed by atoms with Gasteiger partial charge in [0.1, 0.15) is 0 Å². The van der Waals surface area contributed by atoms with E-state index in [-0.39, 0.29) is 8.10 Å². The second-order valence-electron chi connectivity index (χ2n) is 8.16. The Balaban J connectivity index is 0.00000216. The first-order chi connectivity index (χ1) is 15.8. The Labute approximate surface area is 198 Å². The van der Waals surface area contributed by atoms with Gasteiger partial charge in [-0.1, -0.05) is 24.3 Å². The van der Waals surface area contributed by atoms with Gasteiger partial charge in [0.2, 0.25) is 11.8 Å². The quantitative estimate of drug-likeness (QED) is 0.284. The SMILES string of the molecule is CNCc1ccc(-c2nnc(-c3cc(-c4ccc(S(O)(O)C(C)C)cc4)cnc3C)o2)cc1.[HH].[HH]. The largest absolute Gasteiger partial charge is 0.416 e. The number of rotatable bonds is 7. The van der Waals surface area contributed by atoms with E-state index >= 15 is 0 Å². The smallest absolute Gasteiger partial charge is 0.250 e. The number of benzene rings is 2. The van der Waals surface area contributed by atoms with Crippen LogP contribution in [0.1, 0.15) is 28.0 Å². The minimum atomic E-state index is -2.82. The maximum Gasteiger partial charge on any atom is 0.250 e. The van der Waals surface area contributed by atoms with Crippen LogP contribution < -0.4 is 5.32 Å².